The third kappa shape index (κ3) is 4.85. The van der Waals surface area contributed by atoms with Gasteiger partial charge >= 0.3 is 0 Å². The maximum atomic E-state index is 12.7. The number of anilines is 1. The number of halogens is 3. The van der Waals surface area contributed by atoms with Gasteiger partial charge in [0.25, 0.3) is 17.7 Å². The molecule has 5 rings (SSSR count). The Bertz CT molecular complexity index is 1660. The summed E-state index contributed by atoms with van der Waals surface area (Å²) in [5, 5.41) is 5.11. The van der Waals surface area contributed by atoms with Crippen LogP contribution >= 0.6 is 61.8 Å². The van der Waals surface area contributed by atoms with E-state index in [4.69, 9.17) is 23.2 Å². The van der Waals surface area contributed by atoms with E-state index >= 15 is 0 Å². The minimum absolute atomic E-state index is 0.291. The maximum Gasteiger partial charge on any atom is 0.281 e. The van der Waals surface area contributed by atoms with Crippen molar-refractivity contribution in [1.29, 1.82) is 0 Å². The molecule has 0 saturated heterocycles. The lowest BCUT2D eigenvalue weighted by Crippen LogP contribution is -2.41. The van der Waals surface area contributed by atoms with Crippen LogP contribution in [0.2, 0.25) is 10.0 Å². The maximum absolute atomic E-state index is 12.7. The molecule has 3 amide bonds. The average Bonchev–Trinajstić information content (AvgIpc) is 3.39. The van der Waals surface area contributed by atoms with Crippen LogP contribution in [0.5, 0.6) is 0 Å². The zero-order valence-electron chi connectivity index (χ0n) is 18.0. The summed E-state index contributed by atoms with van der Waals surface area (Å²) < 4.78 is 2.65. The molecule has 0 unspecified atom stereocenters. The van der Waals surface area contributed by atoms with Gasteiger partial charge in [0.15, 0.2) is 0 Å². The van der Waals surface area contributed by atoms with E-state index in [-0.39, 0.29) is 5.91 Å². The third-order valence-electron chi connectivity index (χ3n) is 5.23. The van der Waals surface area contributed by atoms with Gasteiger partial charge < -0.3 is 5.32 Å². The molecule has 2 heterocycles. The van der Waals surface area contributed by atoms with Gasteiger partial charge in [-0.1, -0.05) is 63.4 Å². The number of thiophene rings is 2. The first-order chi connectivity index (χ1) is 17.3. The molecule has 0 aliphatic rings. The Balaban J connectivity index is 1.22. The van der Waals surface area contributed by atoms with Gasteiger partial charge in [-0.3, -0.25) is 25.2 Å². The van der Waals surface area contributed by atoms with Crippen LogP contribution in [0.15, 0.2) is 71.2 Å². The second kappa shape index (κ2) is 10.2. The number of rotatable bonds is 4. The Hall–Kier alpha value is -2.95. The van der Waals surface area contributed by atoms with Gasteiger partial charge in [0, 0.05) is 35.9 Å². The number of amides is 3. The highest BCUT2D eigenvalue weighted by molar-refractivity contribution is 9.10. The molecule has 0 aliphatic heterocycles. The summed E-state index contributed by atoms with van der Waals surface area (Å²) >= 11 is 18.7. The normalized spacial score (nSPS) is 11.0. The van der Waals surface area contributed by atoms with Crippen LogP contribution < -0.4 is 16.2 Å². The van der Waals surface area contributed by atoms with Gasteiger partial charge in [0.2, 0.25) is 0 Å². The number of hydrogen-bond donors (Lipinski definition) is 3. The van der Waals surface area contributed by atoms with Crippen LogP contribution in [0.1, 0.15) is 29.7 Å². The Kier molecular flexibility index (Phi) is 7.00. The fourth-order valence-corrected chi connectivity index (χ4v) is 6.86. The summed E-state index contributed by atoms with van der Waals surface area (Å²) in [6, 6.07) is 19.3. The molecular formula is C25H14BrCl2N3O3S2. The Morgan fingerprint density at radius 3 is 2.03 bits per heavy atom. The van der Waals surface area contributed by atoms with E-state index in [0.29, 0.717) is 31.1 Å². The molecule has 180 valence electrons. The Labute approximate surface area is 231 Å². The number of nitrogens with one attached hydrogen (secondary N) is 3. The van der Waals surface area contributed by atoms with Crippen molar-refractivity contribution in [3.8, 4) is 0 Å². The van der Waals surface area contributed by atoms with E-state index in [1.807, 2.05) is 42.5 Å². The van der Waals surface area contributed by atoms with Gasteiger partial charge in [-0.15, -0.1) is 22.7 Å². The Morgan fingerprint density at radius 1 is 0.694 bits per heavy atom. The second-order valence-corrected chi connectivity index (χ2v) is 11.3. The van der Waals surface area contributed by atoms with Gasteiger partial charge in [-0.2, -0.15) is 0 Å². The molecule has 0 atom stereocenters. The van der Waals surface area contributed by atoms with Crippen molar-refractivity contribution in [3.63, 3.8) is 0 Å². The van der Waals surface area contributed by atoms with Crippen molar-refractivity contribution in [1.82, 2.24) is 10.9 Å². The molecule has 2 aromatic heterocycles. The van der Waals surface area contributed by atoms with Crippen molar-refractivity contribution in [3.05, 3.63) is 96.6 Å². The monoisotopic (exact) mass is 617 g/mol. The second-order valence-electron chi connectivity index (χ2n) is 7.57. The smallest absolute Gasteiger partial charge is 0.281 e. The lowest BCUT2D eigenvalue weighted by molar-refractivity contribution is 0.0849. The average molecular weight is 619 g/mol. The van der Waals surface area contributed by atoms with Gasteiger partial charge in [-0.05, 0) is 42.5 Å². The van der Waals surface area contributed by atoms with Crippen LogP contribution in [-0.2, 0) is 0 Å². The van der Waals surface area contributed by atoms with Crippen molar-refractivity contribution < 1.29 is 14.4 Å². The number of carbonyl (C=O) groups is 3. The topological polar surface area (TPSA) is 87.3 Å². The van der Waals surface area contributed by atoms with Crippen molar-refractivity contribution >= 4 is 105 Å². The van der Waals surface area contributed by atoms with Crippen molar-refractivity contribution in [2.45, 2.75) is 0 Å². The number of benzene rings is 3. The largest absolute Gasteiger partial charge is 0.321 e. The summed E-state index contributed by atoms with van der Waals surface area (Å²) in [5.74, 6) is -1.37. The molecule has 0 bridgehead atoms. The first-order valence-electron chi connectivity index (χ1n) is 10.4. The van der Waals surface area contributed by atoms with E-state index in [1.165, 1.54) is 34.8 Å². The van der Waals surface area contributed by atoms with Crippen LogP contribution in [0.25, 0.3) is 20.2 Å². The molecule has 3 N–H and O–H groups in total. The first kappa shape index (κ1) is 24.7. The third-order valence-corrected chi connectivity index (χ3v) is 9.06. The number of carbonyl (C=O) groups excluding carboxylic acids is 3. The number of hydrogen-bond acceptors (Lipinski definition) is 5. The summed E-state index contributed by atoms with van der Waals surface area (Å²) in [6.07, 6.45) is 0. The van der Waals surface area contributed by atoms with E-state index in [0.717, 1.165) is 24.6 Å². The molecule has 0 radical (unpaired) electrons. The van der Waals surface area contributed by atoms with E-state index in [9.17, 15) is 14.4 Å². The molecule has 36 heavy (non-hydrogen) atoms. The van der Waals surface area contributed by atoms with Crippen LogP contribution in [-0.4, -0.2) is 17.7 Å². The van der Waals surface area contributed by atoms with Crippen LogP contribution in [0, 0.1) is 0 Å². The molecule has 3 aromatic carbocycles. The lowest BCUT2D eigenvalue weighted by Gasteiger charge is -2.08. The zero-order valence-corrected chi connectivity index (χ0v) is 22.8. The first-order valence-corrected chi connectivity index (χ1v) is 13.6. The fourth-order valence-electron chi connectivity index (χ4n) is 3.48. The minimum Gasteiger partial charge on any atom is -0.321 e. The van der Waals surface area contributed by atoms with Crippen molar-refractivity contribution in [2.75, 3.05) is 5.32 Å². The molecule has 6 nitrogen and oxygen atoms in total. The van der Waals surface area contributed by atoms with Gasteiger partial charge in [0.1, 0.15) is 9.75 Å². The van der Waals surface area contributed by atoms with E-state index in [2.05, 4.69) is 32.1 Å². The standard InChI is InChI=1S/C25H14BrCl2N3O3S2/c26-13-7-10-16-18(11-13)36-22(20(16)28)25(34)31-30-23(32)12-5-8-14(9-6-12)29-24(33)21-19(27)15-3-1-2-4-17(15)35-21/h1-11H,(H,29,33)(H,30,32)(H,31,34). The molecule has 0 saturated carbocycles. The SMILES string of the molecule is O=C(NNC(=O)c1sc2cc(Br)ccc2c1Cl)c1ccc(NC(=O)c2sc3ccccc3c2Cl)cc1. The summed E-state index contributed by atoms with van der Waals surface area (Å²) in [6.45, 7) is 0. The highest BCUT2D eigenvalue weighted by Crippen LogP contribution is 2.37. The molecular weight excluding hydrogens is 605 g/mol. The van der Waals surface area contributed by atoms with Gasteiger partial charge in [-0.25, -0.2) is 0 Å². The van der Waals surface area contributed by atoms with E-state index < -0.39 is 11.8 Å². The highest BCUT2D eigenvalue weighted by atomic mass is 79.9. The summed E-state index contributed by atoms with van der Waals surface area (Å²) in [5.41, 5.74) is 5.57. The predicted molar refractivity (Wildman–Crippen MR) is 151 cm³/mol. The highest BCUT2D eigenvalue weighted by Gasteiger charge is 2.19. The molecule has 5 aromatic rings. The van der Waals surface area contributed by atoms with E-state index in [1.54, 1.807) is 12.1 Å². The minimum atomic E-state index is -0.520. The zero-order chi connectivity index (χ0) is 25.4. The lowest BCUT2D eigenvalue weighted by atomic mass is 10.2. The Morgan fingerprint density at radius 2 is 1.31 bits per heavy atom. The predicted octanol–water partition coefficient (Wildman–Crippen LogP) is 7.51. The van der Waals surface area contributed by atoms with Gasteiger partial charge in [0.05, 0.1) is 10.0 Å². The molecule has 0 aliphatic carbocycles. The summed E-state index contributed by atoms with van der Waals surface area (Å²) in [7, 11) is 0. The fraction of sp³-hybridized carbons (Fsp3) is 0. The molecule has 0 fully saturated rings. The molecule has 11 heteroatoms. The quantitative estimate of drug-likeness (QED) is 0.182. The van der Waals surface area contributed by atoms with Crippen LogP contribution in [0.3, 0.4) is 0 Å². The molecule has 0 spiro atoms. The number of hydrazine groups is 1. The summed E-state index contributed by atoms with van der Waals surface area (Å²) in [4.78, 5) is 38.5. The number of fused-ring (bicyclic) bond motifs is 2. The van der Waals surface area contributed by atoms with Crippen molar-refractivity contribution in [2.24, 2.45) is 0 Å². The van der Waals surface area contributed by atoms with Crippen LogP contribution in [0.4, 0.5) is 5.69 Å².